The number of nitrogens with zero attached hydrogens (tertiary/aromatic N) is 1. The molecule has 0 spiro atoms. The van der Waals surface area contributed by atoms with Gasteiger partial charge in [0.05, 0.1) is 0 Å². The number of hydrogen-bond acceptors (Lipinski definition) is 2. The second-order valence-corrected chi connectivity index (χ2v) is 6.59. The van der Waals surface area contributed by atoms with Gasteiger partial charge in [-0.1, -0.05) is 31.5 Å². The Morgan fingerprint density at radius 3 is 3.00 bits per heavy atom. The van der Waals surface area contributed by atoms with Gasteiger partial charge in [-0.2, -0.15) is 0 Å². The molecule has 4 heteroatoms. The van der Waals surface area contributed by atoms with Crippen LogP contribution in [-0.4, -0.2) is 33.2 Å². The summed E-state index contributed by atoms with van der Waals surface area (Å²) < 4.78 is 0. The number of piperidine rings is 1. The van der Waals surface area contributed by atoms with E-state index in [9.17, 15) is 9.90 Å². The number of nitrogens with one attached hydrogen (secondary N) is 1. The van der Waals surface area contributed by atoms with Crippen LogP contribution in [0.1, 0.15) is 51.0 Å². The highest BCUT2D eigenvalue weighted by Gasteiger charge is 2.39. The van der Waals surface area contributed by atoms with Crippen molar-refractivity contribution in [2.24, 2.45) is 0 Å². The largest absolute Gasteiger partial charge is 0.371 e. The predicted molar refractivity (Wildman–Crippen MR) is 92.0 cm³/mol. The first-order chi connectivity index (χ1) is 11.1. The lowest BCUT2D eigenvalue weighted by Gasteiger charge is -2.43. The Bertz CT molecular complexity index is 679. The van der Waals surface area contributed by atoms with E-state index >= 15 is 0 Å². The molecule has 1 atom stereocenters. The third-order valence-electron chi connectivity index (χ3n) is 4.98. The molecule has 1 aliphatic rings. The van der Waals surface area contributed by atoms with Gasteiger partial charge in [-0.15, -0.1) is 0 Å². The van der Waals surface area contributed by atoms with Gasteiger partial charge in [-0.25, -0.2) is 0 Å². The number of benzene rings is 1. The van der Waals surface area contributed by atoms with Crippen molar-refractivity contribution in [2.75, 3.05) is 6.54 Å². The van der Waals surface area contributed by atoms with E-state index in [2.05, 4.69) is 24.0 Å². The van der Waals surface area contributed by atoms with Crippen LogP contribution in [0.5, 0.6) is 0 Å². The Morgan fingerprint density at radius 2 is 2.17 bits per heavy atom. The SMILES string of the molecule is CCCCC1(O)CCCC(=O)N1CCc1c[nH]c2ccccc12. The molecule has 1 fully saturated rings. The molecule has 0 aliphatic carbocycles. The Kier molecular flexibility index (Phi) is 4.71. The maximum Gasteiger partial charge on any atom is 0.224 e. The van der Waals surface area contributed by atoms with Crippen LogP contribution in [0, 0.1) is 0 Å². The topological polar surface area (TPSA) is 56.3 Å². The number of rotatable bonds is 6. The van der Waals surface area contributed by atoms with Crippen LogP contribution in [0.25, 0.3) is 10.9 Å². The van der Waals surface area contributed by atoms with Gasteiger partial charge in [0.15, 0.2) is 0 Å². The summed E-state index contributed by atoms with van der Waals surface area (Å²) in [5.74, 6) is 0.0923. The number of unbranched alkanes of at least 4 members (excludes halogenated alkanes) is 1. The van der Waals surface area contributed by atoms with Gasteiger partial charge in [0.2, 0.25) is 5.91 Å². The standard InChI is InChI=1S/C19H26N2O2/c1-2-3-11-19(23)12-6-9-18(22)21(19)13-10-15-14-20-17-8-5-4-7-16(15)17/h4-5,7-8,14,20,23H,2-3,6,9-13H2,1H3. The second-order valence-electron chi connectivity index (χ2n) is 6.59. The fraction of sp³-hybridized carbons (Fsp3) is 0.526. The lowest BCUT2D eigenvalue weighted by Crippen LogP contribution is -2.55. The monoisotopic (exact) mass is 314 g/mol. The van der Waals surface area contributed by atoms with Crippen molar-refractivity contribution < 1.29 is 9.90 Å². The number of amides is 1. The molecule has 1 amide bonds. The maximum absolute atomic E-state index is 12.4. The highest BCUT2D eigenvalue weighted by Crippen LogP contribution is 2.31. The number of carbonyl (C=O) groups excluding carboxylic acids is 1. The Hall–Kier alpha value is -1.81. The lowest BCUT2D eigenvalue weighted by atomic mass is 9.92. The number of aromatic amines is 1. The molecule has 2 N–H and O–H groups in total. The van der Waals surface area contributed by atoms with Crippen molar-refractivity contribution in [2.45, 2.75) is 57.6 Å². The molecule has 23 heavy (non-hydrogen) atoms. The molecule has 124 valence electrons. The van der Waals surface area contributed by atoms with Crippen LogP contribution in [-0.2, 0) is 11.2 Å². The van der Waals surface area contributed by atoms with Crippen LogP contribution in [0.15, 0.2) is 30.5 Å². The molecule has 2 aromatic rings. The molecule has 3 rings (SSSR count). The van der Waals surface area contributed by atoms with E-state index in [1.165, 1.54) is 10.9 Å². The fourth-order valence-electron chi connectivity index (χ4n) is 3.65. The molecule has 1 aliphatic heterocycles. The van der Waals surface area contributed by atoms with Crippen molar-refractivity contribution in [3.8, 4) is 0 Å². The predicted octanol–water partition coefficient (Wildman–Crippen LogP) is 3.60. The van der Waals surface area contributed by atoms with Gasteiger partial charge in [0.1, 0.15) is 5.72 Å². The van der Waals surface area contributed by atoms with Crippen LogP contribution in [0.2, 0.25) is 0 Å². The quantitative estimate of drug-likeness (QED) is 0.856. The Labute approximate surface area is 137 Å². The van der Waals surface area contributed by atoms with Crippen molar-refractivity contribution in [1.82, 2.24) is 9.88 Å². The first kappa shape index (κ1) is 16.1. The summed E-state index contributed by atoms with van der Waals surface area (Å²) in [5, 5.41) is 12.2. The molecule has 1 unspecified atom stereocenters. The number of likely N-dealkylation sites (tertiary alicyclic amines) is 1. The minimum Gasteiger partial charge on any atom is -0.371 e. The average molecular weight is 314 g/mol. The van der Waals surface area contributed by atoms with E-state index in [-0.39, 0.29) is 5.91 Å². The zero-order valence-electron chi connectivity index (χ0n) is 13.8. The number of fused-ring (bicyclic) bond motifs is 1. The lowest BCUT2D eigenvalue weighted by molar-refractivity contribution is -0.172. The first-order valence-corrected chi connectivity index (χ1v) is 8.72. The molecule has 2 heterocycles. The Balaban J connectivity index is 1.74. The van der Waals surface area contributed by atoms with E-state index in [1.54, 1.807) is 4.90 Å². The van der Waals surface area contributed by atoms with Gasteiger partial charge >= 0.3 is 0 Å². The average Bonchev–Trinajstić information content (AvgIpc) is 2.96. The normalized spacial score (nSPS) is 22.0. The molecule has 1 saturated heterocycles. The number of H-pyrrole nitrogens is 1. The number of hydrogen-bond donors (Lipinski definition) is 2. The summed E-state index contributed by atoms with van der Waals surface area (Å²) in [5.41, 5.74) is 1.38. The van der Waals surface area contributed by atoms with Gasteiger partial charge in [-0.05, 0) is 43.7 Å². The smallest absolute Gasteiger partial charge is 0.224 e. The van der Waals surface area contributed by atoms with Crippen LogP contribution in [0.3, 0.4) is 0 Å². The highest BCUT2D eigenvalue weighted by atomic mass is 16.3. The van der Waals surface area contributed by atoms with E-state index in [0.717, 1.165) is 31.2 Å². The number of para-hydroxylation sites is 1. The molecule has 0 saturated carbocycles. The third kappa shape index (κ3) is 3.27. The van der Waals surface area contributed by atoms with E-state index < -0.39 is 5.72 Å². The van der Waals surface area contributed by atoms with Crippen LogP contribution < -0.4 is 0 Å². The van der Waals surface area contributed by atoms with Crippen LogP contribution in [0.4, 0.5) is 0 Å². The molecule has 1 aromatic carbocycles. The summed E-state index contributed by atoms with van der Waals surface area (Å²) in [4.78, 5) is 17.4. The minimum atomic E-state index is -0.947. The second kappa shape index (κ2) is 6.75. The van der Waals surface area contributed by atoms with Gasteiger partial charge in [-0.3, -0.25) is 4.79 Å². The molecule has 4 nitrogen and oxygen atoms in total. The van der Waals surface area contributed by atoms with Gasteiger partial charge < -0.3 is 15.0 Å². The summed E-state index contributed by atoms with van der Waals surface area (Å²) in [6.45, 7) is 2.70. The van der Waals surface area contributed by atoms with Crippen molar-refractivity contribution in [1.29, 1.82) is 0 Å². The molecule has 0 radical (unpaired) electrons. The number of aliphatic hydroxyl groups is 1. The zero-order chi connectivity index (χ0) is 16.3. The third-order valence-corrected chi connectivity index (χ3v) is 4.98. The number of aromatic nitrogens is 1. The molecule has 1 aromatic heterocycles. The molecule has 0 bridgehead atoms. The Morgan fingerprint density at radius 1 is 1.35 bits per heavy atom. The number of carbonyl (C=O) groups is 1. The maximum atomic E-state index is 12.4. The van der Waals surface area contributed by atoms with Crippen molar-refractivity contribution in [3.63, 3.8) is 0 Å². The summed E-state index contributed by atoms with van der Waals surface area (Å²) in [6.07, 6.45) is 7.51. The minimum absolute atomic E-state index is 0.0923. The van der Waals surface area contributed by atoms with Crippen molar-refractivity contribution in [3.05, 3.63) is 36.0 Å². The summed E-state index contributed by atoms with van der Waals surface area (Å²) in [7, 11) is 0. The zero-order valence-corrected chi connectivity index (χ0v) is 13.8. The van der Waals surface area contributed by atoms with Crippen molar-refractivity contribution >= 4 is 16.8 Å². The summed E-state index contributed by atoms with van der Waals surface area (Å²) in [6, 6.07) is 8.20. The molecular weight excluding hydrogens is 288 g/mol. The summed E-state index contributed by atoms with van der Waals surface area (Å²) >= 11 is 0. The van der Waals surface area contributed by atoms with Gasteiger partial charge in [0, 0.05) is 30.1 Å². The van der Waals surface area contributed by atoms with E-state index in [0.29, 0.717) is 25.8 Å². The van der Waals surface area contributed by atoms with Gasteiger partial charge in [0.25, 0.3) is 0 Å². The van der Waals surface area contributed by atoms with E-state index in [4.69, 9.17) is 0 Å². The van der Waals surface area contributed by atoms with Crippen LogP contribution >= 0.6 is 0 Å². The van der Waals surface area contributed by atoms with E-state index in [1.807, 2.05) is 18.3 Å². The molecular formula is C19H26N2O2. The highest BCUT2D eigenvalue weighted by molar-refractivity contribution is 5.83. The fourth-order valence-corrected chi connectivity index (χ4v) is 3.65. The first-order valence-electron chi connectivity index (χ1n) is 8.72.